The maximum atomic E-state index is 13.0. The van der Waals surface area contributed by atoms with Crippen molar-refractivity contribution in [2.24, 2.45) is 0 Å². The number of alkyl halides is 3. The number of benzene rings is 2. The number of rotatable bonds is 7. The van der Waals surface area contributed by atoms with E-state index in [1.807, 2.05) is 18.0 Å². The van der Waals surface area contributed by atoms with Gasteiger partial charge < -0.3 is 24.5 Å². The fraction of sp³-hybridized carbons (Fsp3) is 0.360. The topological polar surface area (TPSA) is 88.9 Å². The number of aliphatic hydroxyl groups excluding tert-OH is 1. The molecule has 2 unspecified atom stereocenters. The molecule has 0 aliphatic carbocycles. The van der Waals surface area contributed by atoms with E-state index in [1.165, 1.54) is 19.2 Å². The third-order valence-corrected chi connectivity index (χ3v) is 5.97. The molecule has 1 aliphatic rings. The zero-order chi connectivity index (χ0) is 25.9. The number of aromatic nitrogens is 2. The fourth-order valence-corrected chi connectivity index (χ4v) is 4.18. The Morgan fingerprint density at radius 1 is 1.22 bits per heavy atom. The number of imidazole rings is 1. The van der Waals surface area contributed by atoms with Crippen molar-refractivity contribution < 1.29 is 32.5 Å². The predicted molar refractivity (Wildman–Crippen MR) is 125 cm³/mol. The number of aliphatic hydroxyl groups is 1. The number of aryl methyl sites for hydroxylation is 1. The SMILES string of the molecule is COc1cc(C(=O)NC2CN(Cc3ccc(OC(F)(F)F)cc3)CCC2O)ccc1-n1cnc(C)c1. The number of methoxy groups -OCH3 is 1. The second-order valence-electron chi connectivity index (χ2n) is 8.67. The molecule has 4 rings (SSSR count). The molecule has 1 fully saturated rings. The van der Waals surface area contributed by atoms with Crippen LogP contribution in [0.25, 0.3) is 5.69 Å². The zero-order valence-electron chi connectivity index (χ0n) is 19.8. The number of piperidine rings is 1. The van der Waals surface area contributed by atoms with Crippen LogP contribution in [0.1, 0.15) is 28.0 Å². The van der Waals surface area contributed by atoms with E-state index in [4.69, 9.17) is 4.74 Å². The molecule has 2 heterocycles. The van der Waals surface area contributed by atoms with E-state index in [2.05, 4.69) is 15.0 Å². The van der Waals surface area contributed by atoms with Gasteiger partial charge in [0.15, 0.2) is 0 Å². The quantitative estimate of drug-likeness (QED) is 0.513. The van der Waals surface area contributed by atoms with Crippen LogP contribution in [-0.4, -0.2) is 64.2 Å². The van der Waals surface area contributed by atoms with Gasteiger partial charge in [-0.15, -0.1) is 13.2 Å². The van der Waals surface area contributed by atoms with Crippen LogP contribution in [0.15, 0.2) is 55.0 Å². The lowest BCUT2D eigenvalue weighted by molar-refractivity contribution is -0.274. The van der Waals surface area contributed by atoms with Crippen molar-refractivity contribution in [2.45, 2.75) is 38.4 Å². The number of carbonyl (C=O) groups is 1. The first-order valence-corrected chi connectivity index (χ1v) is 11.4. The van der Waals surface area contributed by atoms with E-state index in [0.717, 1.165) is 16.9 Å². The highest BCUT2D eigenvalue weighted by Gasteiger charge is 2.31. The number of amides is 1. The monoisotopic (exact) mass is 504 g/mol. The summed E-state index contributed by atoms with van der Waals surface area (Å²) >= 11 is 0. The van der Waals surface area contributed by atoms with E-state index >= 15 is 0 Å². The minimum absolute atomic E-state index is 0.282. The Bertz CT molecular complexity index is 1200. The summed E-state index contributed by atoms with van der Waals surface area (Å²) in [7, 11) is 1.52. The molecule has 192 valence electrons. The van der Waals surface area contributed by atoms with Gasteiger partial charge in [-0.2, -0.15) is 0 Å². The molecule has 0 bridgehead atoms. The molecule has 0 radical (unpaired) electrons. The molecular weight excluding hydrogens is 477 g/mol. The Balaban J connectivity index is 1.39. The largest absolute Gasteiger partial charge is 0.573 e. The summed E-state index contributed by atoms with van der Waals surface area (Å²) in [6, 6.07) is 10.2. The Kier molecular flexibility index (Phi) is 7.51. The van der Waals surface area contributed by atoms with Crippen LogP contribution in [-0.2, 0) is 6.54 Å². The number of halogens is 3. The van der Waals surface area contributed by atoms with Gasteiger partial charge in [0.25, 0.3) is 5.91 Å². The highest BCUT2D eigenvalue weighted by Crippen LogP contribution is 2.26. The van der Waals surface area contributed by atoms with Crippen molar-refractivity contribution in [1.29, 1.82) is 0 Å². The number of hydrogen-bond donors (Lipinski definition) is 2. The van der Waals surface area contributed by atoms with Gasteiger partial charge >= 0.3 is 6.36 Å². The van der Waals surface area contributed by atoms with E-state index in [0.29, 0.717) is 37.4 Å². The maximum absolute atomic E-state index is 13.0. The van der Waals surface area contributed by atoms with Crippen molar-refractivity contribution in [2.75, 3.05) is 20.2 Å². The molecule has 1 aromatic heterocycles. The van der Waals surface area contributed by atoms with Crippen molar-refractivity contribution in [3.8, 4) is 17.2 Å². The van der Waals surface area contributed by atoms with Gasteiger partial charge in [0.2, 0.25) is 0 Å². The van der Waals surface area contributed by atoms with Gasteiger partial charge in [-0.3, -0.25) is 9.69 Å². The zero-order valence-corrected chi connectivity index (χ0v) is 19.8. The fourth-order valence-electron chi connectivity index (χ4n) is 4.18. The molecule has 36 heavy (non-hydrogen) atoms. The maximum Gasteiger partial charge on any atom is 0.573 e. The van der Waals surface area contributed by atoms with E-state index < -0.39 is 18.5 Å². The number of nitrogens with one attached hydrogen (secondary N) is 1. The van der Waals surface area contributed by atoms with Crippen molar-refractivity contribution in [3.63, 3.8) is 0 Å². The van der Waals surface area contributed by atoms with E-state index in [9.17, 15) is 23.1 Å². The molecule has 1 saturated heterocycles. The minimum Gasteiger partial charge on any atom is -0.495 e. The highest BCUT2D eigenvalue weighted by molar-refractivity contribution is 5.95. The third-order valence-electron chi connectivity index (χ3n) is 5.97. The molecule has 11 heteroatoms. The van der Waals surface area contributed by atoms with Crippen molar-refractivity contribution >= 4 is 5.91 Å². The molecule has 0 saturated carbocycles. The Morgan fingerprint density at radius 2 is 1.97 bits per heavy atom. The second-order valence-corrected chi connectivity index (χ2v) is 8.67. The summed E-state index contributed by atoms with van der Waals surface area (Å²) < 4.78 is 48.3. The van der Waals surface area contributed by atoms with Crippen LogP contribution < -0.4 is 14.8 Å². The smallest absolute Gasteiger partial charge is 0.495 e. The van der Waals surface area contributed by atoms with Gasteiger partial charge in [0.1, 0.15) is 11.5 Å². The molecule has 8 nitrogen and oxygen atoms in total. The average Bonchev–Trinajstić information content (AvgIpc) is 3.27. The molecule has 2 aromatic carbocycles. The molecule has 0 spiro atoms. The summed E-state index contributed by atoms with van der Waals surface area (Å²) in [5.41, 5.74) is 2.77. The molecule has 1 amide bonds. The van der Waals surface area contributed by atoms with Gasteiger partial charge in [0.05, 0.1) is 37.0 Å². The number of ether oxygens (including phenoxy) is 2. The predicted octanol–water partition coefficient (Wildman–Crippen LogP) is 3.45. The van der Waals surface area contributed by atoms with Crippen LogP contribution in [0.5, 0.6) is 11.5 Å². The molecule has 2 atom stereocenters. The molecule has 1 aliphatic heterocycles. The van der Waals surface area contributed by atoms with Gasteiger partial charge in [-0.1, -0.05) is 12.1 Å². The number of nitrogens with zero attached hydrogens (tertiary/aromatic N) is 3. The summed E-state index contributed by atoms with van der Waals surface area (Å²) in [5.74, 6) is -0.125. The van der Waals surface area contributed by atoms with Crippen LogP contribution >= 0.6 is 0 Å². The number of carbonyl (C=O) groups excluding carboxylic acids is 1. The normalized spacial score (nSPS) is 18.6. The first kappa shape index (κ1) is 25.5. The lowest BCUT2D eigenvalue weighted by atomic mass is 10.0. The van der Waals surface area contributed by atoms with Crippen molar-refractivity contribution in [3.05, 3.63) is 71.8 Å². The Labute approximate surface area is 206 Å². The standard InChI is InChI=1S/C25H27F3N4O4/c1-16-12-32(15-29-16)21-8-5-18(11-23(21)35-2)24(34)30-20-14-31(10-9-22(20)33)13-17-3-6-19(7-4-17)36-25(26,27)28/h3-8,11-12,15,20,22,33H,9-10,13-14H2,1-2H3,(H,30,34). The average molecular weight is 505 g/mol. The summed E-state index contributed by atoms with van der Waals surface area (Å²) in [6.45, 7) is 3.30. The van der Waals surface area contributed by atoms with Gasteiger partial charge in [-0.05, 0) is 49.2 Å². The lowest BCUT2D eigenvalue weighted by Crippen LogP contribution is -2.54. The molecule has 2 N–H and O–H groups in total. The molecular formula is C25H27F3N4O4. The van der Waals surface area contributed by atoms with E-state index in [1.54, 1.807) is 41.2 Å². The highest BCUT2D eigenvalue weighted by atomic mass is 19.4. The Morgan fingerprint density at radius 3 is 2.61 bits per heavy atom. The number of likely N-dealkylation sites (tertiary alicyclic amines) is 1. The Hall–Kier alpha value is -3.57. The van der Waals surface area contributed by atoms with Crippen LogP contribution in [0, 0.1) is 6.92 Å². The van der Waals surface area contributed by atoms with Crippen LogP contribution in [0.3, 0.4) is 0 Å². The first-order valence-electron chi connectivity index (χ1n) is 11.4. The number of hydrogen-bond acceptors (Lipinski definition) is 6. The summed E-state index contributed by atoms with van der Waals surface area (Å²) in [6.07, 6.45) is -1.50. The van der Waals surface area contributed by atoms with Gasteiger partial charge in [0, 0.05) is 31.4 Å². The first-order chi connectivity index (χ1) is 17.1. The second kappa shape index (κ2) is 10.6. The summed E-state index contributed by atoms with van der Waals surface area (Å²) in [4.78, 5) is 19.2. The van der Waals surface area contributed by atoms with E-state index in [-0.39, 0.29) is 11.7 Å². The van der Waals surface area contributed by atoms with Crippen molar-refractivity contribution in [1.82, 2.24) is 19.8 Å². The lowest BCUT2D eigenvalue weighted by Gasteiger charge is -2.36. The van der Waals surface area contributed by atoms with Crippen LogP contribution in [0.4, 0.5) is 13.2 Å². The summed E-state index contributed by atoms with van der Waals surface area (Å²) in [5, 5.41) is 13.4. The minimum atomic E-state index is -4.74. The van der Waals surface area contributed by atoms with Gasteiger partial charge in [-0.25, -0.2) is 4.98 Å². The third kappa shape index (κ3) is 6.35. The van der Waals surface area contributed by atoms with Crippen LogP contribution in [0.2, 0.25) is 0 Å². The molecule has 3 aromatic rings.